The van der Waals surface area contributed by atoms with Crippen LogP contribution >= 0.6 is 0 Å². The van der Waals surface area contributed by atoms with Gasteiger partial charge in [-0.1, -0.05) is 30.3 Å². The molecule has 1 aliphatic rings. The fraction of sp³-hybridized carbons (Fsp3) is 0.211. The average Bonchev–Trinajstić information content (AvgIpc) is 2.92. The highest BCUT2D eigenvalue weighted by Gasteiger charge is 2.24. The molecule has 116 valence electrons. The number of fused-ring (bicyclic) bond motifs is 3. The lowest BCUT2D eigenvalue weighted by Crippen LogP contribution is -2.36. The number of nitrogens with zero attached hydrogens (tertiary/aromatic N) is 1. The maximum atomic E-state index is 12.5. The van der Waals surface area contributed by atoms with E-state index >= 15 is 0 Å². The first-order valence-corrected chi connectivity index (χ1v) is 7.85. The van der Waals surface area contributed by atoms with Crippen molar-refractivity contribution >= 4 is 16.8 Å². The van der Waals surface area contributed by atoms with Crippen LogP contribution in [0.3, 0.4) is 0 Å². The summed E-state index contributed by atoms with van der Waals surface area (Å²) in [6, 6.07) is 15.2. The summed E-state index contributed by atoms with van der Waals surface area (Å²) in [7, 11) is 0. The largest absolute Gasteiger partial charge is 0.508 e. The molecule has 3 aromatic rings. The minimum absolute atomic E-state index is 0.156. The van der Waals surface area contributed by atoms with Crippen molar-refractivity contribution in [2.45, 2.75) is 19.4 Å². The van der Waals surface area contributed by atoms with Crippen molar-refractivity contribution in [1.82, 2.24) is 9.88 Å². The SMILES string of the molecule is O=C(Cc1ccccc1)N1CCc2c([nH]c3ccc(O)cc23)C1. The second kappa shape index (κ2) is 5.47. The van der Waals surface area contributed by atoms with E-state index < -0.39 is 0 Å². The standard InChI is InChI=1S/C19H18N2O2/c22-14-6-7-17-16(11-14)15-8-9-21(12-18(15)20-17)19(23)10-13-4-2-1-3-5-13/h1-7,11,20,22H,8-10,12H2. The van der Waals surface area contributed by atoms with Crippen LogP contribution < -0.4 is 0 Å². The van der Waals surface area contributed by atoms with Crippen molar-refractivity contribution in [1.29, 1.82) is 0 Å². The van der Waals surface area contributed by atoms with Gasteiger partial charge in [-0.05, 0) is 35.7 Å². The lowest BCUT2D eigenvalue weighted by Gasteiger charge is -2.27. The van der Waals surface area contributed by atoms with Crippen LogP contribution in [-0.4, -0.2) is 27.4 Å². The maximum absolute atomic E-state index is 12.5. The zero-order chi connectivity index (χ0) is 15.8. The van der Waals surface area contributed by atoms with E-state index in [0.717, 1.165) is 35.1 Å². The van der Waals surface area contributed by atoms with Gasteiger partial charge in [-0.15, -0.1) is 0 Å². The number of H-pyrrole nitrogens is 1. The van der Waals surface area contributed by atoms with Gasteiger partial charge in [0.1, 0.15) is 5.75 Å². The Labute approximate surface area is 134 Å². The highest BCUT2D eigenvalue weighted by atomic mass is 16.3. The molecule has 0 radical (unpaired) electrons. The molecule has 23 heavy (non-hydrogen) atoms. The van der Waals surface area contributed by atoms with E-state index in [9.17, 15) is 9.90 Å². The van der Waals surface area contributed by atoms with Crippen LogP contribution in [0.5, 0.6) is 5.75 Å². The van der Waals surface area contributed by atoms with Crippen LogP contribution in [-0.2, 0) is 24.2 Å². The highest BCUT2D eigenvalue weighted by Crippen LogP contribution is 2.30. The molecule has 2 N–H and O–H groups in total. The molecule has 2 aromatic carbocycles. The van der Waals surface area contributed by atoms with Crippen molar-refractivity contribution in [3.05, 3.63) is 65.4 Å². The van der Waals surface area contributed by atoms with E-state index in [4.69, 9.17) is 0 Å². The lowest BCUT2D eigenvalue weighted by atomic mass is 10.0. The summed E-state index contributed by atoms with van der Waals surface area (Å²) in [6.45, 7) is 1.33. The number of phenolic OH excluding ortho intramolecular Hbond substituents is 1. The number of phenols is 1. The second-order valence-corrected chi connectivity index (χ2v) is 6.04. The van der Waals surface area contributed by atoms with Crippen molar-refractivity contribution in [3.8, 4) is 5.75 Å². The molecule has 0 spiro atoms. The number of benzene rings is 2. The average molecular weight is 306 g/mol. The van der Waals surface area contributed by atoms with Gasteiger partial charge in [0, 0.05) is 23.1 Å². The molecule has 0 atom stereocenters. The zero-order valence-corrected chi connectivity index (χ0v) is 12.7. The predicted molar refractivity (Wildman–Crippen MR) is 89.2 cm³/mol. The third-order valence-corrected chi connectivity index (χ3v) is 4.51. The molecule has 0 aliphatic carbocycles. The number of amides is 1. The topological polar surface area (TPSA) is 56.3 Å². The van der Waals surface area contributed by atoms with E-state index in [1.54, 1.807) is 12.1 Å². The van der Waals surface area contributed by atoms with Gasteiger partial charge in [0.15, 0.2) is 0 Å². The molecule has 0 unspecified atom stereocenters. The number of hydrogen-bond acceptors (Lipinski definition) is 2. The molecule has 1 aromatic heterocycles. The molecule has 1 aliphatic heterocycles. The fourth-order valence-corrected chi connectivity index (χ4v) is 3.32. The predicted octanol–water partition coefficient (Wildman–Crippen LogP) is 3.00. The van der Waals surface area contributed by atoms with Gasteiger partial charge in [0.05, 0.1) is 13.0 Å². The Bertz CT molecular complexity index is 868. The third-order valence-electron chi connectivity index (χ3n) is 4.51. The monoisotopic (exact) mass is 306 g/mol. The first kappa shape index (κ1) is 13.9. The van der Waals surface area contributed by atoms with E-state index in [-0.39, 0.29) is 11.7 Å². The number of aromatic hydroxyl groups is 1. The first-order chi connectivity index (χ1) is 11.2. The van der Waals surface area contributed by atoms with Gasteiger partial charge in [-0.3, -0.25) is 4.79 Å². The molecule has 0 saturated heterocycles. The highest BCUT2D eigenvalue weighted by molar-refractivity contribution is 5.87. The third kappa shape index (κ3) is 2.57. The molecule has 2 heterocycles. The minimum atomic E-state index is 0.156. The van der Waals surface area contributed by atoms with E-state index in [1.165, 1.54) is 5.56 Å². The van der Waals surface area contributed by atoms with Crippen molar-refractivity contribution in [3.63, 3.8) is 0 Å². The molecule has 4 heteroatoms. The van der Waals surface area contributed by atoms with Gasteiger partial charge in [0.25, 0.3) is 0 Å². The summed E-state index contributed by atoms with van der Waals surface area (Å²) < 4.78 is 0. The van der Waals surface area contributed by atoms with Crippen molar-refractivity contribution in [2.24, 2.45) is 0 Å². The zero-order valence-electron chi connectivity index (χ0n) is 12.7. The number of carbonyl (C=O) groups is 1. The Kier molecular flexibility index (Phi) is 3.30. The summed E-state index contributed by atoms with van der Waals surface area (Å²) >= 11 is 0. The summed E-state index contributed by atoms with van der Waals surface area (Å²) in [6.07, 6.45) is 1.26. The van der Waals surface area contributed by atoms with Crippen LogP contribution in [0, 0.1) is 0 Å². The van der Waals surface area contributed by atoms with Crippen LogP contribution in [0.1, 0.15) is 16.8 Å². The number of aromatic amines is 1. The quantitative estimate of drug-likeness (QED) is 0.764. The molecule has 0 saturated carbocycles. The van der Waals surface area contributed by atoms with Gasteiger partial charge in [-0.25, -0.2) is 0 Å². The van der Waals surface area contributed by atoms with Gasteiger partial charge >= 0.3 is 0 Å². The second-order valence-electron chi connectivity index (χ2n) is 6.04. The number of rotatable bonds is 2. The summed E-state index contributed by atoms with van der Waals surface area (Å²) in [5.41, 5.74) is 4.37. The smallest absolute Gasteiger partial charge is 0.227 e. The Morgan fingerprint density at radius 3 is 2.83 bits per heavy atom. The van der Waals surface area contributed by atoms with Crippen molar-refractivity contribution in [2.75, 3.05) is 6.54 Å². The maximum Gasteiger partial charge on any atom is 0.227 e. The lowest BCUT2D eigenvalue weighted by molar-refractivity contribution is -0.131. The van der Waals surface area contributed by atoms with Crippen LogP contribution in [0.4, 0.5) is 0 Å². The number of hydrogen-bond donors (Lipinski definition) is 2. The minimum Gasteiger partial charge on any atom is -0.508 e. The first-order valence-electron chi connectivity index (χ1n) is 7.85. The Morgan fingerprint density at radius 1 is 1.17 bits per heavy atom. The van der Waals surface area contributed by atoms with Gasteiger partial charge in [0.2, 0.25) is 5.91 Å². The molecule has 1 amide bonds. The molecular formula is C19H18N2O2. The van der Waals surface area contributed by atoms with Crippen LogP contribution in [0.15, 0.2) is 48.5 Å². The van der Waals surface area contributed by atoms with Crippen molar-refractivity contribution < 1.29 is 9.90 Å². The fourth-order valence-electron chi connectivity index (χ4n) is 3.32. The molecule has 4 nitrogen and oxygen atoms in total. The Hall–Kier alpha value is -2.75. The van der Waals surface area contributed by atoms with Gasteiger partial charge < -0.3 is 15.0 Å². The molecule has 0 fully saturated rings. The van der Waals surface area contributed by atoms with Crippen LogP contribution in [0.2, 0.25) is 0 Å². The van der Waals surface area contributed by atoms with Gasteiger partial charge in [-0.2, -0.15) is 0 Å². The molecular weight excluding hydrogens is 288 g/mol. The Balaban J connectivity index is 1.57. The molecule has 4 rings (SSSR count). The van der Waals surface area contributed by atoms with E-state index in [0.29, 0.717) is 13.0 Å². The molecule has 0 bridgehead atoms. The number of carbonyl (C=O) groups excluding carboxylic acids is 1. The van der Waals surface area contributed by atoms with Crippen LogP contribution in [0.25, 0.3) is 10.9 Å². The number of aromatic nitrogens is 1. The Morgan fingerprint density at radius 2 is 2.00 bits per heavy atom. The van der Waals surface area contributed by atoms with E-state index in [2.05, 4.69) is 4.98 Å². The summed E-state index contributed by atoms with van der Waals surface area (Å²) in [4.78, 5) is 17.8. The number of nitrogens with one attached hydrogen (secondary N) is 1. The summed E-state index contributed by atoms with van der Waals surface area (Å²) in [5.74, 6) is 0.435. The normalized spacial score (nSPS) is 14.0. The summed E-state index contributed by atoms with van der Waals surface area (Å²) in [5, 5.41) is 10.7. The van der Waals surface area contributed by atoms with E-state index in [1.807, 2.05) is 41.3 Å².